The van der Waals surface area contributed by atoms with E-state index >= 15 is 0 Å². The maximum Gasteiger partial charge on any atom is 0.516 e. The Balaban J connectivity index is 0.000000144. The van der Waals surface area contributed by atoms with Crippen molar-refractivity contribution in [1.29, 1.82) is 0 Å². The Bertz CT molecular complexity index is 2820. The molecule has 18 heteroatoms. The number of rotatable bonds is 2. The first-order valence-electron chi connectivity index (χ1n) is 16.6. The summed E-state index contributed by atoms with van der Waals surface area (Å²) in [6.45, 7) is 12.0. The maximum absolute atomic E-state index is 13.2. The molecule has 55 heavy (non-hydrogen) atoms. The molecular formula is C37H36BClF2N10O4. The van der Waals surface area contributed by atoms with Crippen LogP contribution in [0, 0.1) is 25.5 Å². The summed E-state index contributed by atoms with van der Waals surface area (Å²) in [7, 11) is -0.433. The van der Waals surface area contributed by atoms with Crippen LogP contribution in [0.1, 0.15) is 46.5 Å². The highest BCUT2D eigenvalue weighted by atomic mass is 35.5. The molecule has 0 bridgehead atoms. The number of nitrogens with zero attached hydrogens (tertiary/aromatic N) is 10. The van der Waals surface area contributed by atoms with E-state index in [9.17, 15) is 18.4 Å². The van der Waals surface area contributed by atoms with E-state index in [1.165, 1.54) is 34.7 Å². The van der Waals surface area contributed by atoms with Crippen molar-refractivity contribution in [3.8, 4) is 11.4 Å². The van der Waals surface area contributed by atoms with Gasteiger partial charge in [0.2, 0.25) is 0 Å². The molecule has 9 heterocycles. The summed E-state index contributed by atoms with van der Waals surface area (Å²) in [5.41, 5.74) is 4.36. The molecule has 0 N–H and O–H groups in total. The molecule has 282 valence electrons. The van der Waals surface area contributed by atoms with E-state index in [1.807, 2.05) is 65.9 Å². The third-order valence-corrected chi connectivity index (χ3v) is 9.07. The largest absolute Gasteiger partial charge is 0.516 e. The highest BCUT2D eigenvalue weighted by Crippen LogP contribution is 2.36. The lowest BCUT2D eigenvalue weighted by Gasteiger charge is -2.32. The Kier molecular flexibility index (Phi) is 10.4. The number of imidazole rings is 2. The van der Waals surface area contributed by atoms with Crippen molar-refractivity contribution < 1.29 is 18.1 Å². The standard InChI is InChI=1S/C15H10FN5O.C13H18BN3O2.C8H4ClFN2O.CH4/c1-9-7-21-14(17-9)5-3-11(19-21)12-6-15(22)20-8-10(16)2-4-13(20)18-12;1-9-8-17-11(15-9)7-6-10(16-17)14-18-12(2,3)13(4,5)19-14;9-6-3-8(13)12-4-5(10)1-2-7(12)11-6;/h2-8H,1H3;6-8H,1-5H3;1-4H;1H4. The van der Waals surface area contributed by atoms with Crippen molar-refractivity contribution in [2.24, 2.45) is 0 Å². The van der Waals surface area contributed by atoms with Crippen molar-refractivity contribution in [1.82, 2.24) is 48.0 Å². The molecule has 0 radical (unpaired) electrons. The number of aromatic nitrogens is 10. The normalized spacial score (nSPS) is 14.4. The summed E-state index contributed by atoms with van der Waals surface area (Å²) in [5.74, 6) is -0.976. The SMILES string of the molecule is C.Cc1cn2nc(-c3cc(=O)n4cc(F)ccc4n3)ccc2n1.Cc1cn2nc(B3OC(C)(C)C(C)(C)O3)ccc2n1.O=c1cc(Cl)nc2ccc(F)cn12. The number of hydrogen-bond donors (Lipinski definition) is 0. The van der Waals surface area contributed by atoms with E-state index in [-0.39, 0.29) is 29.3 Å². The van der Waals surface area contributed by atoms with Gasteiger partial charge in [-0.2, -0.15) is 10.2 Å². The number of fused-ring (bicyclic) bond motifs is 4. The summed E-state index contributed by atoms with van der Waals surface area (Å²) in [6, 6.07) is 15.2. The first kappa shape index (κ1) is 38.8. The summed E-state index contributed by atoms with van der Waals surface area (Å²) in [5, 5.41) is 9.02. The Morgan fingerprint density at radius 3 is 1.69 bits per heavy atom. The van der Waals surface area contributed by atoms with Gasteiger partial charge in [-0.15, -0.1) is 0 Å². The zero-order valence-corrected chi connectivity index (χ0v) is 30.7. The van der Waals surface area contributed by atoms with Crippen LogP contribution in [-0.2, 0) is 9.31 Å². The second kappa shape index (κ2) is 14.7. The molecule has 0 aromatic carbocycles. The van der Waals surface area contributed by atoms with Crippen LogP contribution in [0.2, 0.25) is 5.15 Å². The quantitative estimate of drug-likeness (QED) is 0.167. The lowest BCUT2D eigenvalue weighted by atomic mass is 9.85. The van der Waals surface area contributed by atoms with Gasteiger partial charge in [0.15, 0.2) is 11.3 Å². The van der Waals surface area contributed by atoms with Crippen molar-refractivity contribution in [2.45, 2.75) is 60.2 Å². The average molecular weight is 769 g/mol. The molecule has 0 unspecified atom stereocenters. The molecule has 0 saturated carbocycles. The van der Waals surface area contributed by atoms with E-state index in [1.54, 1.807) is 21.3 Å². The van der Waals surface area contributed by atoms with Crippen LogP contribution in [0.4, 0.5) is 8.78 Å². The number of pyridine rings is 2. The van der Waals surface area contributed by atoms with Crippen LogP contribution in [-0.4, -0.2) is 66.3 Å². The molecule has 1 saturated heterocycles. The van der Waals surface area contributed by atoms with Crippen LogP contribution < -0.4 is 16.7 Å². The highest BCUT2D eigenvalue weighted by molar-refractivity contribution is 6.61. The summed E-state index contributed by atoms with van der Waals surface area (Å²) < 4.78 is 43.5. The lowest BCUT2D eigenvalue weighted by molar-refractivity contribution is 0.00578. The first-order valence-corrected chi connectivity index (χ1v) is 17.0. The molecule has 0 spiro atoms. The van der Waals surface area contributed by atoms with Gasteiger partial charge in [-0.1, -0.05) is 19.0 Å². The fourth-order valence-corrected chi connectivity index (χ4v) is 5.68. The third kappa shape index (κ3) is 7.99. The Hall–Kier alpha value is -5.91. The van der Waals surface area contributed by atoms with Gasteiger partial charge in [0, 0.05) is 24.5 Å². The topological polar surface area (TPSA) is 148 Å². The molecular weight excluding hydrogens is 733 g/mol. The van der Waals surface area contributed by atoms with Crippen LogP contribution in [0.3, 0.4) is 0 Å². The molecule has 0 aliphatic carbocycles. The van der Waals surface area contributed by atoms with E-state index in [0.29, 0.717) is 22.7 Å². The van der Waals surface area contributed by atoms with E-state index in [4.69, 9.17) is 20.9 Å². The van der Waals surface area contributed by atoms with Crippen molar-refractivity contribution in [2.75, 3.05) is 0 Å². The summed E-state index contributed by atoms with van der Waals surface area (Å²) in [4.78, 5) is 40.2. The van der Waals surface area contributed by atoms with Crippen molar-refractivity contribution in [3.05, 3.63) is 134 Å². The molecule has 9 rings (SSSR count). The van der Waals surface area contributed by atoms with Gasteiger partial charge in [0.05, 0.1) is 46.3 Å². The maximum atomic E-state index is 13.2. The van der Waals surface area contributed by atoms with Gasteiger partial charge in [-0.3, -0.25) is 18.4 Å². The summed E-state index contributed by atoms with van der Waals surface area (Å²) in [6.07, 6.45) is 5.87. The molecule has 1 fully saturated rings. The Morgan fingerprint density at radius 2 is 1.11 bits per heavy atom. The number of hydrogen-bond acceptors (Lipinski definition) is 10. The molecule has 0 amide bonds. The Morgan fingerprint density at radius 1 is 0.618 bits per heavy atom. The molecule has 14 nitrogen and oxygen atoms in total. The molecule has 0 atom stereocenters. The van der Waals surface area contributed by atoms with E-state index in [0.717, 1.165) is 51.1 Å². The number of halogens is 3. The van der Waals surface area contributed by atoms with Crippen molar-refractivity contribution >= 4 is 46.9 Å². The van der Waals surface area contributed by atoms with E-state index in [2.05, 4.69) is 30.1 Å². The van der Waals surface area contributed by atoms with Gasteiger partial charge in [0.1, 0.15) is 33.8 Å². The van der Waals surface area contributed by atoms with E-state index < -0.39 is 24.3 Å². The summed E-state index contributed by atoms with van der Waals surface area (Å²) >= 11 is 5.55. The van der Waals surface area contributed by atoms with Crippen LogP contribution in [0.15, 0.2) is 95.0 Å². The monoisotopic (exact) mass is 768 g/mol. The predicted molar refractivity (Wildman–Crippen MR) is 205 cm³/mol. The second-order valence-corrected chi connectivity index (χ2v) is 13.9. The molecule has 1 aliphatic heterocycles. The van der Waals surface area contributed by atoms with Gasteiger partial charge in [-0.25, -0.2) is 37.7 Å². The van der Waals surface area contributed by atoms with Gasteiger partial charge >= 0.3 is 7.12 Å². The highest BCUT2D eigenvalue weighted by Gasteiger charge is 2.52. The minimum atomic E-state index is -0.488. The van der Waals surface area contributed by atoms with Crippen LogP contribution >= 0.6 is 11.6 Å². The fraction of sp³-hybridized carbons (Fsp3) is 0.243. The van der Waals surface area contributed by atoms with Crippen LogP contribution in [0.5, 0.6) is 0 Å². The minimum Gasteiger partial charge on any atom is -0.398 e. The first-order chi connectivity index (χ1) is 25.5. The third-order valence-electron chi connectivity index (χ3n) is 8.87. The van der Waals surface area contributed by atoms with Gasteiger partial charge < -0.3 is 9.31 Å². The van der Waals surface area contributed by atoms with Gasteiger partial charge in [-0.05, 0) is 90.1 Å². The zero-order chi connectivity index (χ0) is 38.5. The lowest BCUT2D eigenvalue weighted by Crippen LogP contribution is -2.41. The second-order valence-electron chi connectivity index (χ2n) is 13.5. The Labute approximate surface area is 318 Å². The molecule has 1 aliphatic rings. The molecule has 8 aromatic heterocycles. The zero-order valence-electron chi connectivity index (χ0n) is 29.9. The minimum absolute atomic E-state index is 0. The van der Waals surface area contributed by atoms with Gasteiger partial charge in [0.25, 0.3) is 11.1 Å². The number of aryl methyl sites for hydroxylation is 2. The van der Waals surface area contributed by atoms with Crippen molar-refractivity contribution in [3.63, 3.8) is 0 Å². The molecule has 8 aromatic rings. The predicted octanol–water partition coefficient (Wildman–Crippen LogP) is 5.31. The average Bonchev–Trinajstić information content (AvgIpc) is 3.74. The fourth-order valence-electron chi connectivity index (χ4n) is 5.50. The van der Waals surface area contributed by atoms with Crippen LogP contribution in [0.25, 0.3) is 34.0 Å². The smallest absolute Gasteiger partial charge is 0.398 e.